The van der Waals surface area contributed by atoms with Crippen LogP contribution >= 0.6 is 12.4 Å². The van der Waals surface area contributed by atoms with E-state index >= 15 is 0 Å². The van der Waals surface area contributed by atoms with Crippen molar-refractivity contribution in [3.63, 3.8) is 0 Å². The standard InChI is InChI=1S/C15H23N3O2.ClH/c1-15(2,3)13(16)14(20)17-10-9-12(19)18-11-7-5-4-6-8-11;/h4-8,13H,9-10,16H2,1-3H3,(H,17,20)(H,18,19);1H/t13-;/m1./s1. The molecule has 21 heavy (non-hydrogen) atoms. The molecule has 0 aliphatic carbocycles. The fraction of sp³-hybridized carbons (Fsp3) is 0.467. The normalized spacial score (nSPS) is 12.0. The summed E-state index contributed by atoms with van der Waals surface area (Å²) in [4.78, 5) is 23.4. The van der Waals surface area contributed by atoms with Crippen LogP contribution in [0.5, 0.6) is 0 Å². The van der Waals surface area contributed by atoms with Crippen molar-refractivity contribution < 1.29 is 9.59 Å². The molecule has 1 rings (SSSR count). The Labute approximate surface area is 132 Å². The zero-order valence-electron chi connectivity index (χ0n) is 12.7. The van der Waals surface area contributed by atoms with Gasteiger partial charge in [0.15, 0.2) is 0 Å². The molecule has 0 fully saturated rings. The lowest BCUT2D eigenvalue weighted by Crippen LogP contribution is -2.49. The molecule has 0 bridgehead atoms. The topological polar surface area (TPSA) is 84.2 Å². The van der Waals surface area contributed by atoms with Crippen molar-refractivity contribution in [3.05, 3.63) is 30.3 Å². The van der Waals surface area contributed by atoms with Gasteiger partial charge in [-0.1, -0.05) is 39.0 Å². The summed E-state index contributed by atoms with van der Waals surface area (Å²) in [6.45, 7) is 5.99. The smallest absolute Gasteiger partial charge is 0.237 e. The van der Waals surface area contributed by atoms with E-state index in [0.717, 1.165) is 5.69 Å². The third-order valence-corrected chi connectivity index (χ3v) is 2.92. The van der Waals surface area contributed by atoms with Gasteiger partial charge < -0.3 is 16.4 Å². The number of rotatable bonds is 5. The molecule has 2 amide bonds. The maximum Gasteiger partial charge on any atom is 0.237 e. The fourth-order valence-corrected chi connectivity index (χ4v) is 1.55. The minimum absolute atomic E-state index is 0. The van der Waals surface area contributed by atoms with E-state index in [1.165, 1.54) is 0 Å². The summed E-state index contributed by atoms with van der Waals surface area (Å²) in [5.74, 6) is -0.370. The van der Waals surface area contributed by atoms with Gasteiger partial charge in [0.25, 0.3) is 0 Å². The number of nitrogens with one attached hydrogen (secondary N) is 2. The van der Waals surface area contributed by atoms with E-state index in [2.05, 4.69) is 10.6 Å². The monoisotopic (exact) mass is 313 g/mol. The van der Waals surface area contributed by atoms with Crippen molar-refractivity contribution in [3.8, 4) is 0 Å². The molecular weight excluding hydrogens is 290 g/mol. The summed E-state index contributed by atoms with van der Waals surface area (Å²) >= 11 is 0. The molecule has 0 aliphatic heterocycles. The summed E-state index contributed by atoms with van der Waals surface area (Å²) in [6.07, 6.45) is 0.220. The first kappa shape index (κ1) is 19.4. The predicted molar refractivity (Wildman–Crippen MR) is 87.4 cm³/mol. The van der Waals surface area contributed by atoms with Crippen molar-refractivity contribution in [2.24, 2.45) is 11.1 Å². The largest absolute Gasteiger partial charge is 0.354 e. The lowest BCUT2D eigenvalue weighted by molar-refractivity contribution is -0.124. The highest BCUT2D eigenvalue weighted by molar-refractivity contribution is 5.91. The van der Waals surface area contributed by atoms with Crippen LogP contribution in [0.2, 0.25) is 0 Å². The molecule has 0 saturated heterocycles. The SMILES string of the molecule is CC(C)(C)[C@H](N)C(=O)NCCC(=O)Nc1ccccc1.Cl. The van der Waals surface area contributed by atoms with Crippen LogP contribution in [0.1, 0.15) is 27.2 Å². The number of benzene rings is 1. The lowest BCUT2D eigenvalue weighted by atomic mass is 9.87. The van der Waals surface area contributed by atoms with Crippen LogP contribution in [-0.2, 0) is 9.59 Å². The molecule has 1 aromatic rings. The molecule has 0 heterocycles. The lowest BCUT2D eigenvalue weighted by Gasteiger charge is -2.25. The molecule has 0 unspecified atom stereocenters. The quantitative estimate of drug-likeness (QED) is 0.776. The van der Waals surface area contributed by atoms with E-state index in [1.807, 2.05) is 51.1 Å². The minimum Gasteiger partial charge on any atom is -0.354 e. The summed E-state index contributed by atoms with van der Waals surface area (Å²) in [5, 5.41) is 5.43. The molecule has 0 spiro atoms. The van der Waals surface area contributed by atoms with Crippen molar-refractivity contribution in [1.29, 1.82) is 0 Å². The first-order chi connectivity index (χ1) is 9.30. The second-order valence-electron chi connectivity index (χ2n) is 5.80. The van der Waals surface area contributed by atoms with Crippen molar-refractivity contribution >= 4 is 29.9 Å². The maximum absolute atomic E-state index is 11.8. The number of carbonyl (C=O) groups excluding carboxylic acids is 2. The van der Waals surface area contributed by atoms with Crippen molar-refractivity contribution in [1.82, 2.24) is 5.32 Å². The molecule has 5 nitrogen and oxygen atoms in total. The molecule has 118 valence electrons. The second-order valence-corrected chi connectivity index (χ2v) is 5.80. The Morgan fingerprint density at radius 2 is 1.76 bits per heavy atom. The predicted octanol–water partition coefficient (Wildman–Crippen LogP) is 1.93. The Balaban J connectivity index is 0.00000400. The van der Waals surface area contributed by atoms with E-state index in [4.69, 9.17) is 5.73 Å². The number of hydrogen-bond acceptors (Lipinski definition) is 3. The molecule has 4 N–H and O–H groups in total. The van der Waals surface area contributed by atoms with Gasteiger partial charge in [-0.3, -0.25) is 9.59 Å². The third-order valence-electron chi connectivity index (χ3n) is 2.92. The van der Waals surface area contributed by atoms with Crippen LogP contribution in [0, 0.1) is 5.41 Å². The van der Waals surface area contributed by atoms with Crippen molar-refractivity contribution in [2.75, 3.05) is 11.9 Å². The highest BCUT2D eigenvalue weighted by Crippen LogP contribution is 2.17. The van der Waals surface area contributed by atoms with Crippen LogP contribution in [0.4, 0.5) is 5.69 Å². The number of carbonyl (C=O) groups is 2. The Hall–Kier alpha value is -1.59. The van der Waals surface area contributed by atoms with Gasteiger partial charge in [0, 0.05) is 18.7 Å². The maximum atomic E-state index is 11.8. The fourth-order valence-electron chi connectivity index (χ4n) is 1.55. The zero-order chi connectivity index (χ0) is 15.2. The third kappa shape index (κ3) is 7.11. The van der Waals surface area contributed by atoms with E-state index in [9.17, 15) is 9.59 Å². The molecule has 1 atom stereocenters. The summed E-state index contributed by atoms with van der Waals surface area (Å²) in [5.41, 5.74) is 6.27. The van der Waals surface area contributed by atoms with Gasteiger partial charge in [0.1, 0.15) is 0 Å². The molecule has 0 radical (unpaired) electrons. The zero-order valence-corrected chi connectivity index (χ0v) is 13.5. The van der Waals surface area contributed by atoms with Crippen LogP contribution in [0.25, 0.3) is 0 Å². The molecule has 0 aliphatic rings. The Morgan fingerprint density at radius 3 is 2.29 bits per heavy atom. The van der Waals surface area contributed by atoms with E-state index in [0.29, 0.717) is 0 Å². The van der Waals surface area contributed by atoms with Gasteiger partial charge in [-0.15, -0.1) is 12.4 Å². The van der Waals surface area contributed by atoms with Crippen LogP contribution < -0.4 is 16.4 Å². The van der Waals surface area contributed by atoms with E-state index < -0.39 is 6.04 Å². The Kier molecular flexibility index (Phi) is 7.99. The Bertz CT molecular complexity index is 458. The van der Waals surface area contributed by atoms with Crippen molar-refractivity contribution in [2.45, 2.75) is 33.2 Å². The number of halogens is 1. The summed E-state index contributed by atoms with van der Waals surface area (Å²) in [7, 11) is 0. The molecule has 6 heteroatoms. The number of anilines is 1. The van der Waals surface area contributed by atoms with Gasteiger partial charge in [0.2, 0.25) is 11.8 Å². The van der Waals surface area contributed by atoms with Crippen LogP contribution in [-0.4, -0.2) is 24.4 Å². The Morgan fingerprint density at radius 1 is 1.19 bits per heavy atom. The number of nitrogens with two attached hydrogens (primary N) is 1. The van der Waals surface area contributed by atoms with Gasteiger partial charge >= 0.3 is 0 Å². The van der Waals surface area contributed by atoms with Gasteiger partial charge in [-0.25, -0.2) is 0 Å². The first-order valence-electron chi connectivity index (χ1n) is 6.69. The highest BCUT2D eigenvalue weighted by Gasteiger charge is 2.27. The number of amides is 2. The summed E-state index contributed by atoms with van der Waals surface area (Å²) in [6, 6.07) is 8.61. The molecule has 0 saturated carbocycles. The molecule has 1 aromatic carbocycles. The van der Waals surface area contributed by atoms with E-state index in [-0.39, 0.29) is 42.6 Å². The second kappa shape index (κ2) is 8.64. The van der Waals surface area contributed by atoms with Crippen LogP contribution in [0.15, 0.2) is 30.3 Å². The molecular formula is C15H24ClN3O2. The average molecular weight is 314 g/mol. The summed E-state index contributed by atoms with van der Waals surface area (Å²) < 4.78 is 0. The van der Waals surface area contributed by atoms with Gasteiger partial charge in [0.05, 0.1) is 6.04 Å². The van der Waals surface area contributed by atoms with E-state index in [1.54, 1.807) is 0 Å². The minimum atomic E-state index is -0.584. The first-order valence-corrected chi connectivity index (χ1v) is 6.69. The average Bonchev–Trinajstić information content (AvgIpc) is 2.37. The highest BCUT2D eigenvalue weighted by atomic mass is 35.5. The van der Waals surface area contributed by atoms with Gasteiger partial charge in [-0.05, 0) is 17.5 Å². The molecule has 0 aromatic heterocycles. The number of hydrogen-bond donors (Lipinski definition) is 3. The van der Waals surface area contributed by atoms with Crippen LogP contribution in [0.3, 0.4) is 0 Å². The van der Waals surface area contributed by atoms with Gasteiger partial charge in [-0.2, -0.15) is 0 Å². The number of para-hydroxylation sites is 1.